The maximum atomic E-state index is 9.35. The molecule has 1 aromatic carbocycles. The Bertz CT molecular complexity index is 271. The first-order chi connectivity index (χ1) is 6.27. The molecule has 72 valence electrons. The van der Waals surface area contributed by atoms with Gasteiger partial charge in [0.15, 0.2) is 11.5 Å². The van der Waals surface area contributed by atoms with Crippen LogP contribution in [-0.2, 0) is 0 Å². The molecule has 0 radical (unpaired) electrons. The summed E-state index contributed by atoms with van der Waals surface area (Å²) in [5.41, 5.74) is 0. The van der Waals surface area contributed by atoms with Crippen LogP contribution < -0.4 is 9.47 Å². The van der Waals surface area contributed by atoms with E-state index in [2.05, 4.69) is 0 Å². The van der Waals surface area contributed by atoms with E-state index in [4.69, 9.17) is 9.47 Å². The predicted molar refractivity (Wildman–Crippen MR) is 50.4 cm³/mol. The van der Waals surface area contributed by atoms with Gasteiger partial charge >= 0.3 is 0 Å². The summed E-state index contributed by atoms with van der Waals surface area (Å²) >= 11 is 0. The molecule has 0 aromatic heterocycles. The van der Waals surface area contributed by atoms with Gasteiger partial charge in [0.05, 0.1) is 13.2 Å². The number of phenolic OH excluding ortho intramolecular Hbond substituents is 1. The standard InChI is InChI=1S/C10H14O3/c1-3-12-8-5-6-9(11)10(7-8)13-4-2/h5-7,11H,3-4H2,1-2H3. The Labute approximate surface area is 77.9 Å². The zero-order valence-corrected chi connectivity index (χ0v) is 7.91. The smallest absolute Gasteiger partial charge is 0.164 e. The highest BCUT2D eigenvalue weighted by molar-refractivity contribution is 5.44. The molecule has 1 rings (SSSR count). The second-order valence-electron chi connectivity index (χ2n) is 2.50. The predicted octanol–water partition coefficient (Wildman–Crippen LogP) is 2.19. The van der Waals surface area contributed by atoms with Crippen molar-refractivity contribution in [1.29, 1.82) is 0 Å². The first-order valence-electron chi connectivity index (χ1n) is 4.36. The number of phenols is 1. The molecule has 0 saturated carbocycles. The topological polar surface area (TPSA) is 38.7 Å². The summed E-state index contributed by atoms with van der Waals surface area (Å²) in [6.07, 6.45) is 0. The minimum atomic E-state index is 0.144. The van der Waals surface area contributed by atoms with Crippen molar-refractivity contribution in [1.82, 2.24) is 0 Å². The molecule has 0 aliphatic heterocycles. The molecule has 3 nitrogen and oxygen atoms in total. The summed E-state index contributed by atoms with van der Waals surface area (Å²) in [7, 11) is 0. The lowest BCUT2D eigenvalue weighted by molar-refractivity contribution is 0.307. The van der Waals surface area contributed by atoms with Crippen LogP contribution in [0.2, 0.25) is 0 Å². The van der Waals surface area contributed by atoms with Gasteiger partial charge in [-0.25, -0.2) is 0 Å². The van der Waals surface area contributed by atoms with Gasteiger partial charge in [0.1, 0.15) is 5.75 Å². The van der Waals surface area contributed by atoms with Gasteiger partial charge in [-0.15, -0.1) is 0 Å². The van der Waals surface area contributed by atoms with E-state index in [-0.39, 0.29) is 5.75 Å². The molecular formula is C10H14O3. The molecule has 0 aliphatic carbocycles. The van der Waals surface area contributed by atoms with Crippen LogP contribution in [0.3, 0.4) is 0 Å². The molecule has 0 bridgehead atoms. The Morgan fingerprint density at radius 3 is 2.46 bits per heavy atom. The van der Waals surface area contributed by atoms with Gasteiger partial charge in [-0.05, 0) is 26.0 Å². The van der Waals surface area contributed by atoms with E-state index in [1.807, 2.05) is 13.8 Å². The van der Waals surface area contributed by atoms with Gasteiger partial charge < -0.3 is 14.6 Å². The summed E-state index contributed by atoms with van der Waals surface area (Å²) in [6, 6.07) is 4.96. The third kappa shape index (κ3) is 2.54. The zero-order valence-electron chi connectivity index (χ0n) is 7.91. The van der Waals surface area contributed by atoms with Gasteiger partial charge in [-0.2, -0.15) is 0 Å². The van der Waals surface area contributed by atoms with E-state index in [1.165, 1.54) is 0 Å². The first kappa shape index (κ1) is 9.71. The van der Waals surface area contributed by atoms with E-state index in [0.717, 1.165) is 0 Å². The minimum absolute atomic E-state index is 0.144. The van der Waals surface area contributed by atoms with Crippen LogP contribution in [0.15, 0.2) is 18.2 Å². The summed E-state index contributed by atoms with van der Waals surface area (Å²) in [6.45, 7) is 4.92. The highest BCUT2D eigenvalue weighted by atomic mass is 16.5. The molecule has 0 amide bonds. The highest BCUT2D eigenvalue weighted by Crippen LogP contribution is 2.30. The van der Waals surface area contributed by atoms with E-state index < -0.39 is 0 Å². The fraction of sp³-hybridized carbons (Fsp3) is 0.400. The van der Waals surface area contributed by atoms with Gasteiger partial charge in [0.2, 0.25) is 0 Å². The van der Waals surface area contributed by atoms with Gasteiger partial charge in [0, 0.05) is 6.07 Å². The fourth-order valence-corrected chi connectivity index (χ4v) is 1.02. The highest BCUT2D eigenvalue weighted by Gasteiger charge is 2.03. The van der Waals surface area contributed by atoms with Crippen LogP contribution in [0, 0.1) is 0 Å². The van der Waals surface area contributed by atoms with Crippen molar-refractivity contribution in [3.63, 3.8) is 0 Å². The normalized spacial score (nSPS) is 9.69. The minimum Gasteiger partial charge on any atom is -0.504 e. The molecule has 1 N–H and O–H groups in total. The second-order valence-corrected chi connectivity index (χ2v) is 2.50. The Hall–Kier alpha value is -1.38. The number of ether oxygens (including phenoxy) is 2. The summed E-state index contributed by atoms with van der Waals surface area (Å²) in [5, 5.41) is 9.35. The molecule has 0 unspecified atom stereocenters. The molecule has 3 heteroatoms. The lowest BCUT2D eigenvalue weighted by Gasteiger charge is -2.08. The number of aromatic hydroxyl groups is 1. The monoisotopic (exact) mass is 182 g/mol. The van der Waals surface area contributed by atoms with E-state index in [0.29, 0.717) is 24.7 Å². The van der Waals surface area contributed by atoms with Crippen LogP contribution in [0.4, 0.5) is 0 Å². The maximum Gasteiger partial charge on any atom is 0.164 e. The molecule has 0 atom stereocenters. The Morgan fingerprint density at radius 2 is 1.85 bits per heavy atom. The number of hydrogen-bond donors (Lipinski definition) is 1. The zero-order chi connectivity index (χ0) is 9.68. The number of benzene rings is 1. The van der Waals surface area contributed by atoms with Crippen molar-refractivity contribution in [3.05, 3.63) is 18.2 Å². The van der Waals surface area contributed by atoms with Crippen molar-refractivity contribution in [2.24, 2.45) is 0 Å². The molecule has 0 spiro atoms. The third-order valence-electron chi connectivity index (χ3n) is 1.54. The molecule has 0 fully saturated rings. The third-order valence-corrected chi connectivity index (χ3v) is 1.54. The van der Waals surface area contributed by atoms with Crippen molar-refractivity contribution >= 4 is 0 Å². The largest absolute Gasteiger partial charge is 0.504 e. The lowest BCUT2D eigenvalue weighted by atomic mass is 10.3. The maximum absolute atomic E-state index is 9.35. The van der Waals surface area contributed by atoms with Crippen molar-refractivity contribution in [2.75, 3.05) is 13.2 Å². The average Bonchev–Trinajstić information content (AvgIpc) is 2.12. The van der Waals surface area contributed by atoms with Crippen LogP contribution in [0.5, 0.6) is 17.2 Å². The molecule has 13 heavy (non-hydrogen) atoms. The fourth-order valence-electron chi connectivity index (χ4n) is 1.02. The summed E-state index contributed by atoms with van der Waals surface area (Å²) in [4.78, 5) is 0. The van der Waals surface area contributed by atoms with E-state index in [9.17, 15) is 5.11 Å². The lowest BCUT2D eigenvalue weighted by Crippen LogP contribution is -1.94. The number of rotatable bonds is 4. The molecular weight excluding hydrogens is 168 g/mol. The number of hydrogen-bond acceptors (Lipinski definition) is 3. The van der Waals surface area contributed by atoms with Crippen molar-refractivity contribution < 1.29 is 14.6 Å². The SMILES string of the molecule is CCOc1ccc(O)c(OCC)c1. The van der Waals surface area contributed by atoms with E-state index in [1.54, 1.807) is 18.2 Å². The summed E-state index contributed by atoms with van der Waals surface area (Å²) < 4.78 is 10.5. The Morgan fingerprint density at radius 1 is 1.15 bits per heavy atom. The molecule has 1 aromatic rings. The Kier molecular flexibility index (Phi) is 3.43. The Balaban J connectivity index is 2.83. The van der Waals surface area contributed by atoms with Crippen LogP contribution >= 0.6 is 0 Å². The second kappa shape index (κ2) is 4.60. The van der Waals surface area contributed by atoms with Crippen molar-refractivity contribution in [3.8, 4) is 17.2 Å². The van der Waals surface area contributed by atoms with Crippen LogP contribution in [0.25, 0.3) is 0 Å². The summed E-state index contributed by atoms with van der Waals surface area (Å²) in [5.74, 6) is 1.32. The van der Waals surface area contributed by atoms with Crippen molar-refractivity contribution in [2.45, 2.75) is 13.8 Å². The van der Waals surface area contributed by atoms with Crippen LogP contribution in [-0.4, -0.2) is 18.3 Å². The molecule has 0 heterocycles. The van der Waals surface area contributed by atoms with Gasteiger partial charge in [0.25, 0.3) is 0 Å². The quantitative estimate of drug-likeness (QED) is 0.775. The molecule has 0 saturated heterocycles. The van der Waals surface area contributed by atoms with Gasteiger partial charge in [-0.1, -0.05) is 0 Å². The van der Waals surface area contributed by atoms with Crippen LogP contribution in [0.1, 0.15) is 13.8 Å². The molecule has 0 aliphatic rings. The first-order valence-corrected chi connectivity index (χ1v) is 4.36. The average molecular weight is 182 g/mol. The van der Waals surface area contributed by atoms with Gasteiger partial charge in [-0.3, -0.25) is 0 Å². The van der Waals surface area contributed by atoms with E-state index >= 15 is 0 Å².